The van der Waals surface area contributed by atoms with Gasteiger partial charge in [0.25, 0.3) is 5.56 Å². The molecule has 0 saturated heterocycles. The molecule has 1 N–H and O–H groups in total. The molecule has 0 fully saturated rings. The number of nitrogens with zero attached hydrogens (tertiary/aromatic N) is 2. The average Bonchev–Trinajstić information content (AvgIpc) is 2.99. The maximum absolute atomic E-state index is 12.9. The van der Waals surface area contributed by atoms with Crippen molar-refractivity contribution in [1.82, 2.24) is 9.55 Å². The molecule has 2 heterocycles. The maximum Gasteiger partial charge on any atom is 0.329 e. The Kier molecular flexibility index (Phi) is 4.85. The number of carbonyl (C=O) groups excluding carboxylic acids is 1. The lowest BCUT2D eigenvalue weighted by Gasteiger charge is -2.23. The number of esters is 1. The molecule has 26 heavy (non-hydrogen) atoms. The Morgan fingerprint density at radius 1 is 1.35 bits per heavy atom. The van der Waals surface area contributed by atoms with Crippen LogP contribution in [-0.2, 0) is 22.5 Å². The summed E-state index contributed by atoms with van der Waals surface area (Å²) in [7, 11) is 0. The minimum absolute atomic E-state index is 0.225. The van der Waals surface area contributed by atoms with E-state index < -0.39 is 11.6 Å². The number of hydrogen-bond acceptors (Lipinski definition) is 5. The molecular formula is C20H25N3O3. The molecule has 0 saturated carbocycles. The third kappa shape index (κ3) is 3.79. The van der Waals surface area contributed by atoms with Gasteiger partial charge in [0.05, 0.1) is 6.20 Å². The number of rotatable bonds is 4. The van der Waals surface area contributed by atoms with Gasteiger partial charge in [0.1, 0.15) is 23.2 Å². The molecule has 1 aromatic carbocycles. The van der Waals surface area contributed by atoms with E-state index in [0.717, 1.165) is 11.1 Å². The molecule has 0 amide bonds. The van der Waals surface area contributed by atoms with Gasteiger partial charge >= 0.3 is 5.97 Å². The number of nitrogens with one attached hydrogen (secondary N) is 1. The highest BCUT2D eigenvalue weighted by atomic mass is 16.6. The van der Waals surface area contributed by atoms with E-state index in [2.05, 4.69) is 10.3 Å². The first kappa shape index (κ1) is 18.2. The van der Waals surface area contributed by atoms with Gasteiger partial charge < -0.3 is 10.1 Å². The minimum Gasteiger partial charge on any atom is -0.458 e. The Bertz CT molecular complexity index is 881. The smallest absolute Gasteiger partial charge is 0.329 e. The van der Waals surface area contributed by atoms with Gasteiger partial charge in [-0.1, -0.05) is 24.3 Å². The third-order valence-corrected chi connectivity index (χ3v) is 4.43. The van der Waals surface area contributed by atoms with E-state index in [1.807, 2.05) is 52.0 Å². The van der Waals surface area contributed by atoms with Crippen LogP contribution in [0, 0.1) is 6.92 Å². The highest BCUT2D eigenvalue weighted by Crippen LogP contribution is 2.26. The van der Waals surface area contributed by atoms with Crippen LogP contribution in [-0.4, -0.2) is 21.1 Å². The molecule has 0 aliphatic carbocycles. The van der Waals surface area contributed by atoms with Crippen molar-refractivity contribution in [3.8, 4) is 0 Å². The number of fused-ring (bicyclic) bond motifs is 1. The van der Waals surface area contributed by atoms with Gasteiger partial charge in [0.2, 0.25) is 0 Å². The number of ether oxygens (including phenoxy) is 1. The van der Waals surface area contributed by atoms with Crippen molar-refractivity contribution in [2.24, 2.45) is 0 Å². The summed E-state index contributed by atoms with van der Waals surface area (Å²) >= 11 is 0. The SMILES string of the molecule is Cc1ccccc1CNc1cnc2n(c1=O)[C@H](C(=O)OC(C)(C)C)CC2. The van der Waals surface area contributed by atoms with Gasteiger partial charge in [0, 0.05) is 13.0 Å². The zero-order valence-corrected chi connectivity index (χ0v) is 15.7. The molecule has 6 nitrogen and oxygen atoms in total. The number of benzene rings is 1. The minimum atomic E-state index is -0.607. The Hall–Kier alpha value is -2.63. The fraction of sp³-hybridized carbons (Fsp3) is 0.450. The molecule has 2 aromatic rings. The predicted molar refractivity (Wildman–Crippen MR) is 100 cm³/mol. The monoisotopic (exact) mass is 355 g/mol. The van der Waals surface area contributed by atoms with Crippen molar-refractivity contribution in [2.45, 2.75) is 58.7 Å². The lowest BCUT2D eigenvalue weighted by Crippen LogP contribution is -2.34. The predicted octanol–water partition coefficient (Wildman–Crippen LogP) is 2.99. The standard InChI is InChI=1S/C20H25N3O3/c1-13-7-5-6-8-14(13)11-21-15-12-22-17-10-9-16(23(17)18(15)24)19(25)26-20(2,3)4/h5-8,12,16,21H,9-11H2,1-4H3/t16-/m0/s1. The second kappa shape index (κ2) is 6.94. The first-order valence-electron chi connectivity index (χ1n) is 8.88. The normalized spacial score (nSPS) is 16.2. The number of anilines is 1. The van der Waals surface area contributed by atoms with Gasteiger partial charge in [0.15, 0.2) is 0 Å². The largest absolute Gasteiger partial charge is 0.458 e. The Morgan fingerprint density at radius 2 is 2.08 bits per heavy atom. The molecular weight excluding hydrogens is 330 g/mol. The van der Waals surface area contributed by atoms with Crippen LogP contribution in [0.1, 0.15) is 50.2 Å². The Balaban J connectivity index is 1.83. The highest BCUT2D eigenvalue weighted by Gasteiger charge is 2.34. The molecule has 0 unspecified atom stereocenters. The Labute approximate surface area is 153 Å². The molecule has 1 aliphatic heterocycles. The van der Waals surface area contributed by atoms with E-state index in [9.17, 15) is 9.59 Å². The lowest BCUT2D eigenvalue weighted by molar-refractivity contribution is -0.158. The third-order valence-electron chi connectivity index (χ3n) is 4.43. The highest BCUT2D eigenvalue weighted by molar-refractivity contribution is 5.75. The van der Waals surface area contributed by atoms with Gasteiger partial charge in [-0.2, -0.15) is 0 Å². The Morgan fingerprint density at radius 3 is 2.77 bits per heavy atom. The molecule has 0 radical (unpaired) electrons. The first-order valence-corrected chi connectivity index (χ1v) is 8.88. The van der Waals surface area contributed by atoms with Crippen LogP contribution >= 0.6 is 0 Å². The van der Waals surface area contributed by atoms with Crippen molar-refractivity contribution < 1.29 is 9.53 Å². The molecule has 3 rings (SSSR count). The lowest BCUT2D eigenvalue weighted by atomic mass is 10.1. The van der Waals surface area contributed by atoms with E-state index in [4.69, 9.17) is 4.74 Å². The summed E-state index contributed by atoms with van der Waals surface area (Å²) in [5.74, 6) is 0.253. The van der Waals surface area contributed by atoms with E-state index in [0.29, 0.717) is 30.9 Å². The summed E-state index contributed by atoms with van der Waals surface area (Å²) in [4.78, 5) is 29.8. The van der Waals surface area contributed by atoms with Crippen LogP contribution in [0.5, 0.6) is 0 Å². The van der Waals surface area contributed by atoms with Gasteiger partial charge in [-0.25, -0.2) is 9.78 Å². The quantitative estimate of drug-likeness (QED) is 0.854. The van der Waals surface area contributed by atoms with Crippen molar-refractivity contribution >= 4 is 11.7 Å². The van der Waals surface area contributed by atoms with E-state index >= 15 is 0 Å². The fourth-order valence-corrected chi connectivity index (χ4v) is 3.12. The second-order valence-electron chi connectivity index (χ2n) is 7.63. The van der Waals surface area contributed by atoms with E-state index in [-0.39, 0.29) is 11.5 Å². The fourth-order valence-electron chi connectivity index (χ4n) is 3.12. The molecule has 1 atom stereocenters. The summed E-state index contributed by atoms with van der Waals surface area (Å²) in [6, 6.07) is 7.39. The van der Waals surface area contributed by atoms with Crippen LogP contribution in [0.2, 0.25) is 0 Å². The van der Waals surface area contributed by atoms with Crippen LogP contribution < -0.4 is 10.9 Å². The zero-order chi connectivity index (χ0) is 18.9. The van der Waals surface area contributed by atoms with Gasteiger partial charge in [-0.05, 0) is 45.2 Å². The molecule has 6 heteroatoms. The van der Waals surface area contributed by atoms with Crippen molar-refractivity contribution in [1.29, 1.82) is 0 Å². The molecule has 138 valence electrons. The van der Waals surface area contributed by atoms with Crippen LogP contribution in [0.15, 0.2) is 35.3 Å². The maximum atomic E-state index is 12.9. The molecule has 0 bridgehead atoms. The number of aromatic nitrogens is 2. The number of aryl methyl sites for hydroxylation is 2. The molecule has 0 spiro atoms. The summed E-state index contributed by atoms with van der Waals surface area (Å²) in [6.07, 6.45) is 2.69. The average molecular weight is 355 g/mol. The second-order valence-corrected chi connectivity index (χ2v) is 7.63. The molecule has 1 aromatic heterocycles. The summed E-state index contributed by atoms with van der Waals surface area (Å²) in [5, 5.41) is 3.16. The van der Waals surface area contributed by atoms with E-state index in [1.165, 1.54) is 4.57 Å². The van der Waals surface area contributed by atoms with Crippen LogP contribution in [0.3, 0.4) is 0 Å². The van der Waals surface area contributed by atoms with E-state index in [1.54, 1.807) is 6.20 Å². The molecule has 1 aliphatic rings. The number of hydrogen-bond donors (Lipinski definition) is 1. The zero-order valence-electron chi connectivity index (χ0n) is 15.7. The van der Waals surface area contributed by atoms with Crippen molar-refractivity contribution in [3.05, 3.63) is 57.8 Å². The van der Waals surface area contributed by atoms with Crippen LogP contribution in [0.4, 0.5) is 5.69 Å². The van der Waals surface area contributed by atoms with Crippen molar-refractivity contribution in [2.75, 3.05) is 5.32 Å². The summed E-state index contributed by atoms with van der Waals surface area (Å²) < 4.78 is 6.95. The summed E-state index contributed by atoms with van der Waals surface area (Å²) in [6.45, 7) is 8.02. The first-order chi connectivity index (χ1) is 12.3. The van der Waals surface area contributed by atoms with Crippen LogP contribution in [0.25, 0.3) is 0 Å². The van der Waals surface area contributed by atoms with Crippen molar-refractivity contribution in [3.63, 3.8) is 0 Å². The van der Waals surface area contributed by atoms with Gasteiger partial charge in [-0.3, -0.25) is 9.36 Å². The topological polar surface area (TPSA) is 73.2 Å². The summed E-state index contributed by atoms with van der Waals surface area (Å²) in [5.41, 5.74) is 1.85. The van der Waals surface area contributed by atoms with Gasteiger partial charge in [-0.15, -0.1) is 0 Å². The number of carbonyl (C=O) groups is 1.